The van der Waals surface area contributed by atoms with Gasteiger partial charge in [-0.1, -0.05) is 36.3 Å². The number of carbonyl (C=O) groups excluding carboxylic acids is 3. The molecule has 1 aromatic carbocycles. The van der Waals surface area contributed by atoms with Crippen molar-refractivity contribution in [1.82, 2.24) is 25.0 Å². The van der Waals surface area contributed by atoms with Gasteiger partial charge in [0.2, 0.25) is 0 Å². The first-order valence-electron chi connectivity index (χ1n) is 19.4. The smallest absolute Gasteiger partial charge is 0.425 e. The Hall–Kier alpha value is -5.88. The molecule has 0 N–H and O–H groups in total. The van der Waals surface area contributed by atoms with Gasteiger partial charge in [-0.05, 0) is 99.3 Å². The van der Waals surface area contributed by atoms with Crippen LogP contribution in [0.3, 0.4) is 0 Å². The molecule has 3 aromatic heterocycles. The van der Waals surface area contributed by atoms with Crippen molar-refractivity contribution in [3.8, 4) is 40.0 Å². The second kappa shape index (κ2) is 17.7. The van der Waals surface area contributed by atoms with Crippen LogP contribution in [-0.4, -0.2) is 72.9 Å². The third kappa shape index (κ3) is 11.4. The van der Waals surface area contributed by atoms with E-state index in [1.165, 1.54) is 6.20 Å². The van der Waals surface area contributed by atoms with Gasteiger partial charge in [-0.3, -0.25) is 9.88 Å². The Balaban J connectivity index is 1.55. The fraction of sp³-hybridized carbons (Fsp3) is 0.488. The molecule has 0 spiro atoms. The van der Waals surface area contributed by atoms with Crippen molar-refractivity contribution < 1.29 is 37.9 Å². The lowest BCUT2D eigenvalue weighted by Crippen LogP contribution is -2.45. The van der Waals surface area contributed by atoms with Crippen LogP contribution < -0.4 is 4.90 Å². The second-order valence-electron chi connectivity index (χ2n) is 17.1. The van der Waals surface area contributed by atoms with Crippen LogP contribution in [0.5, 0.6) is 0 Å². The van der Waals surface area contributed by atoms with E-state index in [1.807, 2.05) is 52.0 Å². The number of ether oxygens (including phenoxy) is 4. The molecule has 0 bridgehead atoms. The van der Waals surface area contributed by atoms with E-state index in [0.717, 1.165) is 18.4 Å². The summed E-state index contributed by atoms with van der Waals surface area (Å²) >= 11 is 0. The molecule has 2 atom stereocenters. The van der Waals surface area contributed by atoms with Crippen LogP contribution in [0.2, 0.25) is 0 Å². The van der Waals surface area contributed by atoms with E-state index in [0.29, 0.717) is 40.4 Å². The Kier molecular flexibility index (Phi) is 13.2. The number of imide groups is 1. The van der Waals surface area contributed by atoms with Gasteiger partial charge in [0.1, 0.15) is 28.7 Å². The van der Waals surface area contributed by atoms with Crippen molar-refractivity contribution in [2.75, 3.05) is 11.5 Å². The summed E-state index contributed by atoms with van der Waals surface area (Å²) in [6, 6.07) is 14.8. The van der Waals surface area contributed by atoms with Crippen molar-refractivity contribution >= 4 is 24.1 Å². The lowest BCUT2D eigenvalue weighted by atomic mass is 9.97. The van der Waals surface area contributed by atoms with Crippen molar-refractivity contribution in [3.05, 3.63) is 66.1 Å². The Morgan fingerprint density at radius 2 is 1.52 bits per heavy atom. The lowest BCUT2D eigenvalue weighted by Gasteiger charge is -2.35. The second-order valence-corrected chi connectivity index (χ2v) is 17.1. The molecule has 2 unspecified atom stereocenters. The summed E-state index contributed by atoms with van der Waals surface area (Å²) in [5, 5.41) is 13.7. The van der Waals surface area contributed by atoms with Crippen LogP contribution in [0.1, 0.15) is 112 Å². The van der Waals surface area contributed by atoms with Crippen molar-refractivity contribution in [2.24, 2.45) is 0 Å². The molecule has 1 aliphatic rings. The van der Waals surface area contributed by atoms with E-state index in [-0.39, 0.29) is 41.8 Å². The normalized spacial score (nSPS) is 15.2. The molecule has 1 aliphatic heterocycles. The summed E-state index contributed by atoms with van der Waals surface area (Å²) in [4.78, 5) is 57.5. The van der Waals surface area contributed by atoms with E-state index in [9.17, 15) is 19.6 Å². The maximum atomic E-state index is 13.9. The minimum atomic E-state index is -1.05. The molecule has 15 heteroatoms. The maximum Gasteiger partial charge on any atom is 0.425 e. The van der Waals surface area contributed by atoms with Crippen LogP contribution in [0.25, 0.3) is 34.0 Å². The van der Waals surface area contributed by atoms with E-state index in [2.05, 4.69) is 21.2 Å². The highest BCUT2D eigenvalue weighted by molar-refractivity contribution is 6.10. The summed E-state index contributed by atoms with van der Waals surface area (Å²) in [7, 11) is 0. The van der Waals surface area contributed by atoms with Gasteiger partial charge in [-0.15, -0.1) is 0 Å². The number of amides is 3. The fourth-order valence-electron chi connectivity index (χ4n) is 6.04. The third-order valence-electron chi connectivity index (χ3n) is 8.57. The van der Waals surface area contributed by atoms with Gasteiger partial charge in [-0.2, -0.15) is 10.2 Å². The van der Waals surface area contributed by atoms with Crippen LogP contribution in [0.4, 0.5) is 20.2 Å². The minimum absolute atomic E-state index is 0.00633. The van der Waals surface area contributed by atoms with Crippen molar-refractivity contribution in [3.63, 3.8) is 0 Å². The van der Waals surface area contributed by atoms with Gasteiger partial charge in [0.05, 0.1) is 30.2 Å². The molecule has 0 saturated carbocycles. The fourth-order valence-corrected chi connectivity index (χ4v) is 6.04. The van der Waals surface area contributed by atoms with E-state index >= 15 is 0 Å². The van der Waals surface area contributed by atoms with Crippen LogP contribution in [-0.2, 0) is 25.5 Å². The lowest BCUT2D eigenvalue weighted by molar-refractivity contribution is -0.0911. The molecule has 308 valence electrons. The van der Waals surface area contributed by atoms with E-state index in [1.54, 1.807) is 70.8 Å². The summed E-state index contributed by atoms with van der Waals surface area (Å²) in [5.41, 5.74) is 0.726. The van der Waals surface area contributed by atoms with Crippen molar-refractivity contribution in [2.45, 2.75) is 130 Å². The average Bonchev–Trinajstić information content (AvgIpc) is 3.63. The first-order chi connectivity index (χ1) is 27.2. The Morgan fingerprint density at radius 3 is 2.10 bits per heavy atom. The summed E-state index contributed by atoms with van der Waals surface area (Å²) < 4.78 is 28.9. The maximum absolute atomic E-state index is 13.9. The SMILES string of the molecule is CC(CC#N)c1ncccc1-c1cnc(-c2cc(-c3ccc(CN(C(=O)OC(C)(C)C)C4CCCCO4)cc3)no2)c(N(C(=O)OC(C)(C)C)C(=O)OC(C)(C)C)n1. The molecule has 0 radical (unpaired) electrons. The highest BCUT2D eigenvalue weighted by Gasteiger charge is 2.37. The molecule has 4 aromatic rings. The van der Waals surface area contributed by atoms with Gasteiger partial charge in [-0.25, -0.2) is 24.4 Å². The molecule has 0 aliphatic carbocycles. The Morgan fingerprint density at radius 1 is 0.879 bits per heavy atom. The van der Waals surface area contributed by atoms with Crippen LogP contribution in [0, 0.1) is 11.3 Å². The molecule has 3 amide bonds. The zero-order chi connectivity index (χ0) is 42.4. The number of hydrogen-bond donors (Lipinski definition) is 0. The number of benzene rings is 1. The Bertz CT molecular complexity index is 2090. The molecule has 5 rings (SSSR count). The zero-order valence-electron chi connectivity index (χ0n) is 35.0. The number of hydrogen-bond acceptors (Lipinski definition) is 13. The van der Waals surface area contributed by atoms with Gasteiger partial charge >= 0.3 is 18.3 Å². The number of rotatable bonds is 9. The molecular weight excluding hydrogens is 743 g/mol. The molecule has 1 saturated heterocycles. The molecule has 15 nitrogen and oxygen atoms in total. The predicted molar refractivity (Wildman–Crippen MR) is 215 cm³/mol. The Labute approximate surface area is 339 Å². The highest BCUT2D eigenvalue weighted by atomic mass is 16.6. The molecule has 58 heavy (non-hydrogen) atoms. The predicted octanol–water partition coefficient (Wildman–Crippen LogP) is 9.82. The summed E-state index contributed by atoms with van der Waals surface area (Å²) in [5.74, 6) is -0.392. The van der Waals surface area contributed by atoms with Gasteiger partial charge < -0.3 is 23.5 Å². The molecule has 4 heterocycles. The number of nitrogens with zero attached hydrogens (tertiary/aromatic N) is 7. The minimum Gasteiger partial charge on any atom is -0.444 e. The number of nitriles is 1. The quantitative estimate of drug-likeness (QED) is 0.146. The third-order valence-corrected chi connectivity index (χ3v) is 8.57. The topological polar surface area (TPSA) is 183 Å². The van der Waals surface area contributed by atoms with Crippen molar-refractivity contribution in [1.29, 1.82) is 5.26 Å². The summed E-state index contributed by atoms with van der Waals surface area (Å²) in [6.45, 7) is 18.2. The highest BCUT2D eigenvalue weighted by Crippen LogP contribution is 2.36. The monoisotopic (exact) mass is 795 g/mol. The number of anilines is 1. The first-order valence-corrected chi connectivity index (χ1v) is 19.4. The summed E-state index contributed by atoms with van der Waals surface area (Å²) in [6.07, 6.45) is 2.96. The van der Waals surface area contributed by atoms with E-state index in [4.69, 9.17) is 28.5 Å². The van der Waals surface area contributed by atoms with Gasteiger partial charge in [0.25, 0.3) is 0 Å². The number of pyridine rings is 1. The standard InChI is InChI=1S/C43H53N7O8/c1-27(20-21-44)35-30(14-13-22-45-35)32-25-46-36(37(47-32)50(39(52)56-42(5,6)7)40(53)57-43(8,9)10)33-24-31(48-58-33)29-18-16-28(17-19-29)26-49(34-15-11-12-23-54-34)38(51)55-41(2,3)4/h13-14,16-19,22,24-25,27,34H,11-12,15,20,23,26H2,1-10H3. The van der Waals surface area contributed by atoms with Gasteiger partial charge in [0.15, 0.2) is 17.3 Å². The van der Waals surface area contributed by atoms with Gasteiger partial charge in [0, 0.05) is 42.3 Å². The van der Waals surface area contributed by atoms with Crippen LogP contribution in [0.15, 0.2) is 59.4 Å². The van der Waals surface area contributed by atoms with E-state index < -0.39 is 41.3 Å². The first kappa shape index (κ1) is 43.2. The van der Waals surface area contributed by atoms with Crippen LogP contribution >= 0.6 is 0 Å². The number of aromatic nitrogens is 4. The zero-order valence-corrected chi connectivity index (χ0v) is 35.0. The molecular formula is C43H53N7O8. The molecule has 1 fully saturated rings. The largest absolute Gasteiger partial charge is 0.444 e. The average molecular weight is 796 g/mol. The number of carbonyl (C=O) groups is 3.